The molecule has 2 saturated heterocycles. The lowest BCUT2D eigenvalue weighted by Gasteiger charge is -2.21. The van der Waals surface area contributed by atoms with Crippen LogP contribution < -0.4 is 0 Å². The topological polar surface area (TPSA) is 49.9 Å². The summed E-state index contributed by atoms with van der Waals surface area (Å²) in [7, 11) is 3.25. The Morgan fingerprint density at radius 2 is 2.12 bits per heavy atom. The Kier molecular flexibility index (Phi) is 3.14. The van der Waals surface area contributed by atoms with Crippen LogP contribution in [0, 0.1) is 5.92 Å². The maximum absolute atomic E-state index is 11.8. The summed E-state index contributed by atoms with van der Waals surface area (Å²) < 4.78 is 4.73. The molecule has 90 valence electrons. The van der Waals surface area contributed by atoms with Gasteiger partial charge in [-0.1, -0.05) is 0 Å². The van der Waals surface area contributed by atoms with E-state index >= 15 is 0 Å². The fourth-order valence-electron chi connectivity index (χ4n) is 2.57. The van der Waals surface area contributed by atoms with E-state index in [1.807, 2.05) is 7.05 Å². The van der Waals surface area contributed by atoms with Gasteiger partial charge in [0, 0.05) is 20.1 Å². The monoisotopic (exact) mass is 226 g/mol. The molecular formula is C11H18N2O3. The van der Waals surface area contributed by atoms with Crippen molar-refractivity contribution in [1.82, 2.24) is 9.80 Å². The van der Waals surface area contributed by atoms with Crippen LogP contribution in [0.15, 0.2) is 0 Å². The molecule has 2 fully saturated rings. The number of rotatable bonds is 2. The second-order valence-electron chi connectivity index (χ2n) is 4.57. The maximum Gasteiger partial charge on any atom is 0.310 e. The van der Waals surface area contributed by atoms with Crippen LogP contribution in [0.4, 0.5) is 0 Å². The lowest BCUT2D eigenvalue weighted by Crippen LogP contribution is -2.40. The molecule has 0 saturated carbocycles. The third-order valence-corrected chi connectivity index (χ3v) is 3.59. The zero-order chi connectivity index (χ0) is 11.7. The molecule has 5 nitrogen and oxygen atoms in total. The molecule has 0 bridgehead atoms. The zero-order valence-corrected chi connectivity index (χ0v) is 9.81. The van der Waals surface area contributed by atoms with E-state index in [1.165, 1.54) is 7.11 Å². The van der Waals surface area contributed by atoms with Gasteiger partial charge >= 0.3 is 5.97 Å². The smallest absolute Gasteiger partial charge is 0.310 e. The largest absolute Gasteiger partial charge is 0.469 e. The molecule has 2 heterocycles. The Hall–Kier alpha value is -1.10. The van der Waals surface area contributed by atoms with E-state index in [1.54, 1.807) is 4.90 Å². The highest BCUT2D eigenvalue weighted by Gasteiger charge is 2.39. The molecule has 2 rings (SSSR count). The average molecular weight is 226 g/mol. The van der Waals surface area contributed by atoms with Gasteiger partial charge in [-0.25, -0.2) is 0 Å². The Morgan fingerprint density at radius 3 is 2.69 bits per heavy atom. The molecule has 2 atom stereocenters. The highest BCUT2D eigenvalue weighted by molar-refractivity contribution is 5.84. The minimum Gasteiger partial charge on any atom is -0.469 e. The van der Waals surface area contributed by atoms with Crippen molar-refractivity contribution in [2.75, 3.05) is 33.8 Å². The second-order valence-corrected chi connectivity index (χ2v) is 4.57. The number of esters is 1. The summed E-state index contributed by atoms with van der Waals surface area (Å²) in [5, 5.41) is 0. The molecule has 0 spiro atoms. The number of ether oxygens (including phenoxy) is 1. The Labute approximate surface area is 95.3 Å². The Morgan fingerprint density at radius 1 is 1.38 bits per heavy atom. The van der Waals surface area contributed by atoms with Crippen molar-refractivity contribution in [3.05, 3.63) is 0 Å². The third-order valence-electron chi connectivity index (χ3n) is 3.59. The molecule has 1 amide bonds. The molecule has 0 N–H and O–H groups in total. The van der Waals surface area contributed by atoms with Crippen molar-refractivity contribution in [3.8, 4) is 0 Å². The highest BCUT2D eigenvalue weighted by Crippen LogP contribution is 2.24. The van der Waals surface area contributed by atoms with Crippen molar-refractivity contribution >= 4 is 11.9 Å². The molecule has 0 aromatic carbocycles. The number of likely N-dealkylation sites (N-methyl/N-ethyl adjacent to an activating group) is 1. The van der Waals surface area contributed by atoms with Gasteiger partial charge in [0.05, 0.1) is 19.1 Å². The van der Waals surface area contributed by atoms with Gasteiger partial charge < -0.3 is 9.64 Å². The second kappa shape index (κ2) is 4.41. The lowest BCUT2D eigenvalue weighted by molar-refractivity contribution is -0.145. The predicted molar refractivity (Wildman–Crippen MR) is 57.7 cm³/mol. The molecule has 2 unspecified atom stereocenters. The van der Waals surface area contributed by atoms with Crippen LogP contribution in [0.2, 0.25) is 0 Å². The molecular weight excluding hydrogens is 208 g/mol. The molecule has 5 heteroatoms. The number of hydrogen-bond donors (Lipinski definition) is 0. The lowest BCUT2D eigenvalue weighted by atomic mass is 10.1. The van der Waals surface area contributed by atoms with Crippen LogP contribution in [0.1, 0.15) is 12.8 Å². The number of likely N-dealkylation sites (tertiary alicyclic amines) is 2. The molecule has 16 heavy (non-hydrogen) atoms. The van der Waals surface area contributed by atoms with Crippen molar-refractivity contribution in [2.45, 2.75) is 18.9 Å². The quantitative estimate of drug-likeness (QED) is 0.607. The zero-order valence-electron chi connectivity index (χ0n) is 9.81. The normalized spacial score (nSPS) is 31.1. The molecule has 0 radical (unpaired) electrons. The van der Waals surface area contributed by atoms with Crippen LogP contribution in [0.5, 0.6) is 0 Å². The third kappa shape index (κ3) is 1.91. The van der Waals surface area contributed by atoms with Crippen LogP contribution in [-0.4, -0.2) is 61.5 Å². The fourth-order valence-corrected chi connectivity index (χ4v) is 2.57. The van der Waals surface area contributed by atoms with Crippen LogP contribution >= 0.6 is 0 Å². The van der Waals surface area contributed by atoms with Crippen LogP contribution in [0.25, 0.3) is 0 Å². The van der Waals surface area contributed by atoms with E-state index in [2.05, 4.69) is 4.90 Å². The highest BCUT2D eigenvalue weighted by atomic mass is 16.5. The number of carbonyl (C=O) groups excluding carboxylic acids is 2. The van der Waals surface area contributed by atoms with Gasteiger partial charge in [-0.3, -0.25) is 14.5 Å². The predicted octanol–water partition coefficient (Wildman–Crippen LogP) is -0.288. The Bertz CT molecular complexity index is 306. The number of amides is 1. The minimum atomic E-state index is -0.152. The number of hydrogen-bond acceptors (Lipinski definition) is 4. The first-order valence-electron chi connectivity index (χ1n) is 5.70. The molecule has 0 aromatic heterocycles. The summed E-state index contributed by atoms with van der Waals surface area (Å²) in [5.74, 6) is -0.0180. The summed E-state index contributed by atoms with van der Waals surface area (Å²) >= 11 is 0. The summed E-state index contributed by atoms with van der Waals surface area (Å²) in [4.78, 5) is 27.1. The van der Waals surface area contributed by atoms with Gasteiger partial charge in [-0.15, -0.1) is 0 Å². The van der Waals surface area contributed by atoms with Crippen LogP contribution in [-0.2, 0) is 14.3 Å². The van der Waals surface area contributed by atoms with Crippen molar-refractivity contribution in [1.29, 1.82) is 0 Å². The van der Waals surface area contributed by atoms with Crippen molar-refractivity contribution < 1.29 is 14.3 Å². The van der Waals surface area contributed by atoms with E-state index in [9.17, 15) is 9.59 Å². The fraction of sp³-hybridized carbons (Fsp3) is 0.818. The molecule has 0 aliphatic carbocycles. The summed E-state index contributed by atoms with van der Waals surface area (Å²) in [6, 6.07) is -0.0142. The van der Waals surface area contributed by atoms with Gasteiger partial charge in [-0.05, 0) is 19.4 Å². The van der Waals surface area contributed by atoms with Gasteiger partial charge in [0.25, 0.3) is 0 Å². The molecule has 2 aliphatic rings. The van der Waals surface area contributed by atoms with E-state index in [0.717, 1.165) is 25.9 Å². The van der Waals surface area contributed by atoms with E-state index in [-0.39, 0.29) is 23.8 Å². The minimum absolute atomic E-state index is 0.0142. The number of nitrogens with zero attached hydrogens (tertiary/aromatic N) is 2. The van der Waals surface area contributed by atoms with Gasteiger partial charge in [0.15, 0.2) is 0 Å². The van der Waals surface area contributed by atoms with Gasteiger partial charge in [0.1, 0.15) is 0 Å². The summed E-state index contributed by atoms with van der Waals surface area (Å²) in [6.07, 6.45) is 1.68. The first-order chi connectivity index (χ1) is 7.63. The average Bonchev–Trinajstić information content (AvgIpc) is 2.87. The first-order valence-corrected chi connectivity index (χ1v) is 5.70. The molecule has 2 aliphatic heterocycles. The maximum atomic E-state index is 11.8. The van der Waals surface area contributed by atoms with Crippen LogP contribution in [0.3, 0.4) is 0 Å². The number of carbonyl (C=O) groups is 2. The van der Waals surface area contributed by atoms with E-state index in [4.69, 9.17) is 4.74 Å². The van der Waals surface area contributed by atoms with Gasteiger partial charge in [0.2, 0.25) is 5.91 Å². The SMILES string of the molecule is COC(=O)C1CCN(C2CCN(C)C2=O)C1. The molecule has 0 aromatic rings. The Balaban J connectivity index is 1.94. The standard InChI is InChI=1S/C11H18N2O3/c1-12-5-4-9(10(12)14)13-6-3-8(7-13)11(15)16-2/h8-9H,3-7H2,1-2H3. The van der Waals surface area contributed by atoms with Gasteiger partial charge in [-0.2, -0.15) is 0 Å². The summed E-state index contributed by atoms with van der Waals surface area (Å²) in [6.45, 7) is 2.31. The van der Waals surface area contributed by atoms with E-state index in [0.29, 0.717) is 6.54 Å². The van der Waals surface area contributed by atoms with Crippen molar-refractivity contribution in [2.24, 2.45) is 5.92 Å². The van der Waals surface area contributed by atoms with Crippen molar-refractivity contribution in [3.63, 3.8) is 0 Å². The number of methoxy groups -OCH3 is 1. The first kappa shape index (κ1) is 11.4. The summed E-state index contributed by atoms with van der Waals surface area (Å²) in [5.41, 5.74) is 0. The van der Waals surface area contributed by atoms with E-state index < -0.39 is 0 Å².